The first-order valence-corrected chi connectivity index (χ1v) is 27.7. The highest BCUT2D eigenvalue weighted by Crippen LogP contribution is 2.43. The van der Waals surface area contributed by atoms with Crippen molar-refractivity contribution < 1.29 is 81.1 Å². The number of hydrogen-bond donors (Lipinski definition) is 1. The predicted molar refractivity (Wildman–Crippen MR) is 296 cm³/mol. The quantitative estimate of drug-likeness (QED) is 0.0235. The SMILES string of the molecule is COc1ccc(O[C@@H]2O[C@@H]3COC(c4ccccc4)O[C@H]3[C@H](O[C@@H]3O[C@@H](C)[C@@H](OC(C)=O)[C@@H](O[C@H]4O[C@H](CO)[C@@H](OCc5ccccc5)[C@H](OCc5ccccc5)[C@H]4OCc4ccccc4)[C@@H]3N=[N+]=[N-])[C@H]2N2C(=O)c3ccccc3C2=O)cc1. The zero-order valence-electron chi connectivity index (χ0n) is 46.2. The highest BCUT2D eigenvalue weighted by molar-refractivity contribution is 6.21. The Hall–Kier alpha value is -7.60. The number of esters is 1. The molecule has 0 aliphatic carbocycles. The van der Waals surface area contributed by atoms with Crippen LogP contribution in [-0.4, -0.2) is 140 Å². The summed E-state index contributed by atoms with van der Waals surface area (Å²) in [6.07, 6.45) is -17.4. The van der Waals surface area contributed by atoms with Crippen LogP contribution in [0.15, 0.2) is 175 Å². The van der Waals surface area contributed by atoms with Crippen LogP contribution < -0.4 is 9.47 Å². The lowest BCUT2D eigenvalue weighted by Gasteiger charge is -2.53. The van der Waals surface area contributed by atoms with Crippen LogP contribution in [0, 0.1) is 0 Å². The molecule has 0 bridgehead atoms. The number of fused-ring (bicyclic) bond motifs is 2. The molecule has 0 radical (unpaired) electrons. The summed E-state index contributed by atoms with van der Waals surface area (Å²) in [5.41, 5.74) is 14.0. The fourth-order valence-corrected chi connectivity index (χ4v) is 11.2. The maximum absolute atomic E-state index is 14.9. The minimum atomic E-state index is -1.65. The number of rotatable bonds is 21. The lowest BCUT2D eigenvalue weighted by molar-refractivity contribution is -0.377. The van der Waals surface area contributed by atoms with E-state index in [0.717, 1.165) is 21.6 Å². The van der Waals surface area contributed by atoms with Gasteiger partial charge in [0, 0.05) is 17.4 Å². The number of benzene rings is 6. The standard InChI is InChI=1S/C63H64N4O17/c1-37-51(78-38(2)69)54(83-63-57(75-35-41-22-12-6-13-23-41)56(74-34-40-20-10-5-11-21-40)52(47(32-68)80-63)73-33-39-18-8-4-9-19-39)49(65-66-64)61(77-37)84-55-50(67-58(70)45-26-16-17-27-46(45)59(67)71)62(79-44-30-28-43(72-3)29-31-44)81-48-36-76-60(82-53(48)55)42-24-14-7-15-25-42/h4-31,37,47-57,60-63,68H,32-36H2,1-3H3/t37-,47+,48+,49-,50+,51+,52+,53+,54-,55+,56-,57+,60?,61-,62+,63+/m0/s1. The van der Waals surface area contributed by atoms with Gasteiger partial charge in [0.15, 0.2) is 25.0 Å². The molecular weight excluding hydrogens is 1080 g/mol. The van der Waals surface area contributed by atoms with Crippen molar-refractivity contribution in [3.8, 4) is 11.5 Å². The van der Waals surface area contributed by atoms with Crippen LogP contribution in [-0.2, 0) is 76.7 Å². The molecule has 6 aromatic carbocycles. The van der Waals surface area contributed by atoms with E-state index in [-0.39, 0.29) is 43.3 Å². The molecule has 6 aromatic rings. The largest absolute Gasteiger partial charge is 0.497 e. The second kappa shape index (κ2) is 27.0. The van der Waals surface area contributed by atoms with E-state index >= 15 is 0 Å². The first-order valence-electron chi connectivity index (χ1n) is 27.7. The molecule has 5 heterocycles. The van der Waals surface area contributed by atoms with Gasteiger partial charge in [-0.1, -0.05) is 139 Å². The van der Waals surface area contributed by atoms with Crippen molar-refractivity contribution in [3.63, 3.8) is 0 Å². The molecule has 84 heavy (non-hydrogen) atoms. The summed E-state index contributed by atoms with van der Waals surface area (Å²) < 4.78 is 86.1. The Morgan fingerprint density at radius 3 is 1.71 bits per heavy atom. The Morgan fingerprint density at radius 2 is 1.15 bits per heavy atom. The molecule has 0 spiro atoms. The highest BCUT2D eigenvalue weighted by Gasteiger charge is 2.61. The molecule has 16 atom stereocenters. The second-order valence-electron chi connectivity index (χ2n) is 20.7. The zero-order chi connectivity index (χ0) is 58.1. The molecule has 21 nitrogen and oxygen atoms in total. The van der Waals surface area contributed by atoms with Crippen molar-refractivity contribution in [1.82, 2.24) is 4.90 Å². The number of aliphatic hydroxyl groups is 1. The predicted octanol–water partition coefficient (Wildman–Crippen LogP) is 8.18. The fourth-order valence-electron chi connectivity index (χ4n) is 11.2. The number of methoxy groups -OCH3 is 1. The number of carbonyl (C=O) groups excluding carboxylic acids is 3. The molecule has 1 N–H and O–H groups in total. The fraction of sp³-hybridized carbons (Fsp3) is 0.381. The first kappa shape index (κ1) is 58.2. The van der Waals surface area contributed by atoms with E-state index in [2.05, 4.69) is 10.0 Å². The van der Waals surface area contributed by atoms with Crippen molar-refractivity contribution in [2.75, 3.05) is 20.3 Å². The number of carbonyl (C=O) groups is 3. The van der Waals surface area contributed by atoms with Gasteiger partial charge >= 0.3 is 5.97 Å². The van der Waals surface area contributed by atoms with E-state index in [0.29, 0.717) is 11.3 Å². The molecule has 1 unspecified atom stereocenters. The van der Waals surface area contributed by atoms with Crippen LogP contribution in [0.3, 0.4) is 0 Å². The third kappa shape index (κ3) is 12.9. The average Bonchev–Trinajstić information content (AvgIpc) is 4.00. The Kier molecular flexibility index (Phi) is 18.7. The number of aliphatic hydroxyl groups excluding tert-OH is 1. The smallest absolute Gasteiger partial charge is 0.303 e. The Labute approximate surface area is 484 Å². The van der Waals surface area contributed by atoms with Crippen molar-refractivity contribution in [1.29, 1.82) is 0 Å². The molecule has 4 saturated heterocycles. The molecule has 11 rings (SSSR count). The number of ether oxygens (including phenoxy) is 13. The lowest BCUT2D eigenvalue weighted by atomic mass is 9.92. The number of nitrogens with zero attached hydrogens (tertiary/aromatic N) is 4. The summed E-state index contributed by atoms with van der Waals surface area (Å²) in [5, 5.41) is 15.5. The summed E-state index contributed by atoms with van der Waals surface area (Å²) >= 11 is 0. The van der Waals surface area contributed by atoms with Crippen LogP contribution in [0.2, 0.25) is 0 Å². The van der Waals surface area contributed by atoms with Crippen LogP contribution >= 0.6 is 0 Å². The van der Waals surface area contributed by atoms with Gasteiger partial charge in [-0.2, -0.15) is 0 Å². The second-order valence-corrected chi connectivity index (χ2v) is 20.7. The summed E-state index contributed by atoms with van der Waals surface area (Å²) in [5.74, 6) is -1.25. The molecule has 21 heteroatoms. The van der Waals surface area contributed by atoms with Gasteiger partial charge in [0.1, 0.15) is 72.4 Å². The Balaban J connectivity index is 0.995. The molecule has 4 fully saturated rings. The van der Waals surface area contributed by atoms with E-state index in [4.69, 9.17) is 61.6 Å². The Bertz CT molecular complexity index is 3170. The van der Waals surface area contributed by atoms with Crippen LogP contribution in [0.25, 0.3) is 10.4 Å². The summed E-state index contributed by atoms with van der Waals surface area (Å²) in [6.45, 7) is 2.40. The third-order valence-corrected chi connectivity index (χ3v) is 15.3. The maximum atomic E-state index is 14.9. The molecule has 438 valence electrons. The zero-order valence-corrected chi connectivity index (χ0v) is 46.2. The van der Waals surface area contributed by atoms with E-state index < -0.39 is 123 Å². The molecule has 0 aromatic heterocycles. The van der Waals surface area contributed by atoms with Crippen molar-refractivity contribution in [2.45, 2.75) is 132 Å². The molecule has 0 saturated carbocycles. The third-order valence-electron chi connectivity index (χ3n) is 15.3. The minimum absolute atomic E-state index is 0.0249. The number of azide groups is 1. The van der Waals surface area contributed by atoms with Crippen molar-refractivity contribution >= 4 is 17.8 Å². The number of amides is 2. The average molecular weight is 1150 g/mol. The van der Waals surface area contributed by atoms with Crippen LogP contribution in [0.1, 0.15) is 63.1 Å². The van der Waals surface area contributed by atoms with E-state index in [1.165, 1.54) is 14.0 Å². The number of imide groups is 1. The van der Waals surface area contributed by atoms with Gasteiger partial charge < -0.3 is 66.7 Å². The molecular formula is C63H64N4O17. The van der Waals surface area contributed by atoms with Gasteiger partial charge in [-0.15, -0.1) is 0 Å². The van der Waals surface area contributed by atoms with Crippen molar-refractivity contribution in [3.05, 3.63) is 214 Å². The minimum Gasteiger partial charge on any atom is -0.497 e. The molecule has 2 amide bonds. The number of hydrogen-bond acceptors (Lipinski definition) is 18. The lowest BCUT2D eigenvalue weighted by Crippen LogP contribution is -2.71. The summed E-state index contributed by atoms with van der Waals surface area (Å²) in [4.78, 5) is 47.2. The van der Waals surface area contributed by atoms with Gasteiger partial charge in [-0.25, -0.2) is 0 Å². The topological polar surface area (TPSA) is 243 Å². The monoisotopic (exact) mass is 1150 g/mol. The van der Waals surface area contributed by atoms with Gasteiger partial charge in [0.2, 0.25) is 6.29 Å². The Morgan fingerprint density at radius 1 is 0.619 bits per heavy atom. The highest BCUT2D eigenvalue weighted by atomic mass is 16.8. The summed E-state index contributed by atoms with van der Waals surface area (Å²) in [6, 6.07) is 47.5. The normalized spacial score (nSPS) is 30.1. The summed E-state index contributed by atoms with van der Waals surface area (Å²) in [7, 11) is 1.52. The van der Waals surface area contributed by atoms with Crippen molar-refractivity contribution in [2.24, 2.45) is 5.11 Å². The van der Waals surface area contributed by atoms with E-state index in [9.17, 15) is 25.0 Å². The van der Waals surface area contributed by atoms with Gasteiger partial charge in [-0.05, 0) is 65.5 Å². The maximum Gasteiger partial charge on any atom is 0.303 e. The van der Waals surface area contributed by atoms with E-state index in [1.807, 2.05) is 121 Å². The molecule has 5 aliphatic rings. The molecule has 5 aliphatic heterocycles. The van der Waals surface area contributed by atoms with Gasteiger partial charge in [-0.3, -0.25) is 19.3 Å². The van der Waals surface area contributed by atoms with Gasteiger partial charge in [0.05, 0.1) is 57.4 Å². The van der Waals surface area contributed by atoms with E-state index in [1.54, 1.807) is 55.5 Å². The van der Waals surface area contributed by atoms with Gasteiger partial charge in [0.25, 0.3) is 11.8 Å². The first-order chi connectivity index (χ1) is 41.1. The van der Waals surface area contributed by atoms with Crippen LogP contribution in [0.5, 0.6) is 11.5 Å². The van der Waals surface area contributed by atoms with Crippen LogP contribution in [0.4, 0.5) is 0 Å².